The fraction of sp³-hybridized carbons (Fsp3) is 0.955. The molecule has 1 rings (SSSR count). The molecule has 1 aliphatic rings. The lowest BCUT2D eigenvalue weighted by Crippen LogP contribution is -2.44. The lowest BCUT2D eigenvalue weighted by Gasteiger charge is -2.35. The van der Waals surface area contributed by atoms with Crippen molar-refractivity contribution in [3.8, 4) is 0 Å². The molecule has 1 heterocycles. The largest absolute Gasteiger partial charge is 0.444 e. The summed E-state index contributed by atoms with van der Waals surface area (Å²) < 4.78 is 13.6. The highest BCUT2D eigenvalue weighted by atomic mass is 127. The Bertz CT molecular complexity index is 434. The predicted molar refractivity (Wildman–Crippen MR) is 130 cm³/mol. The smallest absolute Gasteiger partial charge is 0.410 e. The lowest BCUT2D eigenvalue weighted by atomic mass is 10.2. The van der Waals surface area contributed by atoms with E-state index in [-0.39, 0.29) is 18.2 Å². The van der Waals surface area contributed by atoms with Gasteiger partial charge in [0.2, 0.25) is 0 Å². The highest BCUT2D eigenvalue weighted by molar-refractivity contribution is 14.1. The zero-order valence-electron chi connectivity index (χ0n) is 19.2. The summed E-state index contributed by atoms with van der Waals surface area (Å²) in [5.41, 5.74) is -0.451. The summed E-state index contributed by atoms with van der Waals surface area (Å²) in [5, 5.41) is 0. The minimum atomic E-state index is -1.76. The van der Waals surface area contributed by atoms with Crippen molar-refractivity contribution < 1.29 is 14.0 Å². The first kappa shape index (κ1) is 26.2. The first-order valence-electron chi connectivity index (χ1n) is 11.4. The first-order chi connectivity index (χ1) is 13.2. The van der Waals surface area contributed by atoms with Crippen LogP contribution in [0.2, 0.25) is 18.1 Å². The summed E-state index contributed by atoms with van der Waals surface area (Å²) >= 11 is 2.40. The fourth-order valence-electron chi connectivity index (χ4n) is 4.05. The fourth-order valence-corrected chi connectivity index (χ4v) is 9.86. The molecule has 28 heavy (non-hydrogen) atoms. The van der Waals surface area contributed by atoms with Crippen LogP contribution in [-0.2, 0) is 9.16 Å². The predicted octanol–water partition coefficient (Wildman–Crippen LogP) is 7.16. The molecule has 0 unspecified atom stereocenters. The Morgan fingerprint density at radius 1 is 1.04 bits per heavy atom. The number of nitrogens with zero attached hydrogens (tertiary/aromatic N) is 1. The molecule has 1 amide bonds. The number of hydrogen-bond donors (Lipinski definition) is 0. The van der Waals surface area contributed by atoms with E-state index in [2.05, 4.69) is 43.4 Å². The van der Waals surface area contributed by atoms with Crippen LogP contribution in [0.15, 0.2) is 0 Å². The first-order valence-corrected chi connectivity index (χ1v) is 15.5. The molecule has 166 valence electrons. The van der Waals surface area contributed by atoms with E-state index in [9.17, 15) is 4.79 Å². The number of carbonyl (C=O) groups is 1. The van der Waals surface area contributed by atoms with E-state index in [1.807, 2.05) is 25.7 Å². The maximum absolute atomic E-state index is 12.7. The molecule has 0 spiro atoms. The van der Waals surface area contributed by atoms with Gasteiger partial charge in [0.05, 0.1) is 6.10 Å². The molecule has 0 aromatic carbocycles. The highest BCUT2D eigenvalue weighted by Crippen LogP contribution is 2.34. The van der Waals surface area contributed by atoms with Gasteiger partial charge in [-0.25, -0.2) is 4.79 Å². The lowest BCUT2D eigenvalue weighted by molar-refractivity contribution is 0.0226. The van der Waals surface area contributed by atoms with Gasteiger partial charge in [0.25, 0.3) is 0 Å². The number of hydrogen-bond acceptors (Lipinski definition) is 3. The molecule has 0 N–H and O–H groups in total. The number of rotatable bonds is 12. The minimum Gasteiger partial charge on any atom is -0.444 e. The van der Waals surface area contributed by atoms with Crippen molar-refractivity contribution >= 4 is 37.0 Å². The summed E-state index contributed by atoms with van der Waals surface area (Å²) in [7, 11) is -1.76. The van der Waals surface area contributed by atoms with Gasteiger partial charge in [0.15, 0.2) is 8.32 Å². The summed E-state index contributed by atoms with van der Waals surface area (Å²) in [6.07, 6.45) is 8.51. The molecule has 0 aromatic rings. The van der Waals surface area contributed by atoms with E-state index in [0.717, 1.165) is 10.8 Å². The molecule has 0 radical (unpaired) electrons. The second kappa shape index (κ2) is 12.8. The van der Waals surface area contributed by atoms with Crippen LogP contribution < -0.4 is 0 Å². The maximum Gasteiger partial charge on any atom is 0.410 e. The van der Waals surface area contributed by atoms with Crippen molar-refractivity contribution in [1.29, 1.82) is 0 Å². The van der Waals surface area contributed by atoms with Crippen molar-refractivity contribution in [2.75, 3.05) is 11.0 Å². The number of amides is 1. The van der Waals surface area contributed by atoms with Crippen molar-refractivity contribution in [1.82, 2.24) is 4.90 Å². The molecule has 0 aromatic heterocycles. The van der Waals surface area contributed by atoms with E-state index < -0.39 is 13.9 Å². The summed E-state index contributed by atoms with van der Waals surface area (Å²) in [6, 6.07) is 4.07. The minimum absolute atomic E-state index is 0.178. The van der Waals surface area contributed by atoms with E-state index in [4.69, 9.17) is 9.16 Å². The van der Waals surface area contributed by atoms with E-state index in [0.29, 0.717) is 6.54 Å². The van der Waals surface area contributed by atoms with Crippen LogP contribution in [0.1, 0.15) is 86.5 Å². The SMILES string of the molecule is CCCC[Si](CCCC)(CCCC)O[C@@H]1C[C@@H](CI)N(C(=O)OC(C)(C)C)C1. The van der Waals surface area contributed by atoms with Crippen molar-refractivity contribution in [3.05, 3.63) is 0 Å². The molecule has 0 bridgehead atoms. The Balaban J connectivity index is 2.89. The number of halogens is 1. The second-order valence-corrected chi connectivity index (χ2v) is 14.4. The Kier molecular flexibility index (Phi) is 12.0. The quantitative estimate of drug-likeness (QED) is 0.154. The molecule has 0 saturated carbocycles. The van der Waals surface area contributed by atoms with Crippen LogP contribution in [0.25, 0.3) is 0 Å². The third kappa shape index (κ3) is 8.90. The Morgan fingerprint density at radius 3 is 1.93 bits per heavy atom. The van der Waals surface area contributed by atoms with Gasteiger partial charge in [-0.3, -0.25) is 0 Å². The normalized spacial score (nSPS) is 20.6. The molecule has 4 nitrogen and oxygen atoms in total. The third-order valence-electron chi connectivity index (χ3n) is 5.56. The molecule has 1 saturated heterocycles. The zero-order chi connectivity index (χ0) is 21.2. The van der Waals surface area contributed by atoms with Crippen LogP contribution in [0.5, 0.6) is 0 Å². The molecule has 6 heteroatoms. The Morgan fingerprint density at radius 2 is 1.54 bits per heavy atom. The van der Waals surface area contributed by atoms with Crippen LogP contribution >= 0.6 is 22.6 Å². The van der Waals surface area contributed by atoms with Crippen LogP contribution in [0, 0.1) is 0 Å². The molecular weight excluding hydrogens is 481 g/mol. The third-order valence-corrected chi connectivity index (χ3v) is 11.2. The molecule has 1 fully saturated rings. The molecule has 0 aliphatic carbocycles. The number of unbranched alkanes of at least 4 members (excludes halogenated alkanes) is 3. The Hall–Kier alpha value is 0.177. The summed E-state index contributed by atoms with van der Waals surface area (Å²) in [4.78, 5) is 14.6. The summed E-state index contributed by atoms with van der Waals surface area (Å²) in [6.45, 7) is 13.4. The number of carbonyl (C=O) groups excluding carboxylic acids is 1. The van der Waals surface area contributed by atoms with Crippen LogP contribution in [0.4, 0.5) is 4.79 Å². The number of likely N-dealkylation sites (tertiary alicyclic amines) is 1. The molecular formula is C22H44INO3Si. The maximum atomic E-state index is 12.7. The van der Waals surface area contributed by atoms with Crippen molar-refractivity contribution in [2.24, 2.45) is 0 Å². The molecule has 2 atom stereocenters. The summed E-state index contributed by atoms with van der Waals surface area (Å²) in [5.74, 6) is 0. The standard InChI is InChI=1S/C22H44INO3Si/c1-7-10-13-28(14-11-8-2,15-12-9-3)27-20-16-19(17-23)24(18-20)21(25)26-22(4,5)6/h19-20H,7-18H2,1-6H3/t19-,20+/m0/s1. The molecule has 1 aliphatic heterocycles. The van der Waals surface area contributed by atoms with Crippen LogP contribution in [-0.4, -0.2) is 48.0 Å². The van der Waals surface area contributed by atoms with E-state index in [1.54, 1.807) is 0 Å². The van der Waals surface area contributed by atoms with Gasteiger partial charge in [0, 0.05) is 17.0 Å². The van der Waals surface area contributed by atoms with Crippen molar-refractivity contribution in [2.45, 2.75) is 122 Å². The average Bonchev–Trinajstić information content (AvgIpc) is 3.04. The number of alkyl halides is 1. The van der Waals surface area contributed by atoms with E-state index >= 15 is 0 Å². The zero-order valence-corrected chi connectivity index (χ0v) is 22.3. The van der Waals surface area contributed by atoms with E-state index in [1.165, 1.54) is 56.7 Å². The highest BCUT2D eigenvalue weighted by Gasteiger charge is 2.42. The average molecular weight is 526 g/mol. The van der Waals surface area contributed by atoms with Gasteiger partial charge in [-0.15, -0.1) is 0 Å². The van der Waals surface area contributed by atoms with Crippen molar-refractivity contribution in [3.63, 3.8) is 0 Å². The Labute approximate surface area is 188 Å². The van der Waals surface area contributed by atoms with Gasteiger partial charge >= 0.3 is 6.09 Å². The second-order valence-electron chi connectivity index (χ2n) is 9.41. The van der Waals surface area contributed by atoms with Gasteiger partial charge < -0.3 is 14.1 Å². The monoisotopic (exact) mass is 525 g/mol. The van der Waals surface area contributed by atoms with Gasteiger partial charge in [-0.1, -0.05) is 81.9 Å². The van der Waals surface area contributed by atoms with Gasteiger partial charge in [-0.05, 0) is 45.3 Å². The number of ether oxygens (including phenoxy) is 1. The van der Waals surface area contributed by atoms with Gasteiger partial charge in [0.1, 0.15) is 5.60 Å². The van der Waals surface area contributed by atoms with Gasteiger partial charge in [-0.2, -0.15) is 0 Å². The van der Waals surface area contributed by atoms with Crippen LogP contribution in [0.3, 0.4) is 0 Å². The topological polar surface area (TPSA) is 38.8 Å².